The van der Waals surface area contributed by atoms with E-state index in [4.69, 9.17) is 4.98 Å². The van der Waals surface area contributed by atoms with Gasteiger partial charge in [-0.1, -0.05) is 6.07 Å². The zero-order chi connectivity index (χ0) is 17.2. The summed E-state index contributed by atoms with van der Waals surface area (Å²) in [6.07, 6.45) is 6.09. The van der Waals surface area contributed by atoms with E-state index in [1.54, 1.807) is 11.3 Å². The van der Waals surface area contributed by atoms with Gasteiger partial charge >= 0.3 is 0 Å². The van der Waals surface area contributed by atoms with Crippen LogP contribution in [0.2, 0.25) is 0 Å². The molecule has 4 heterocycles. The van der Waals surface area contributed by atoms with E-state index in [9.17, 15) is 0 Å². The summed E-state index contributed by atoms with van der Waals surface area (Å²) in [6.45, 7) is 4.06. The number of anilines is 2. The van der Waals surface area contributed by atoms with Crippen molar-refractivity contribution < 1.29 is 0 Å². The van der Waals surface area contributed by atoms with Crippen molar-refractivity contribution in [3.05, 3.63) is 52.9 Å². The molecule has 130 valence electrons. The molecule has 25 heavy (non-hydrogen) atoms. The SMILES string of the molecule is Cc1ccc(Nc2nc(C3CCCN3Cc3ccnn3C)cs2)nc1. The molecule has 1 atom stereocenters. The van der Waals surface area contributed by atoms with Gasteiger partial charge in [0.1, 0.15) is 5.82 Å². The molecule has 1 unspecified atom stereocenters. The molecule has 4 rings (SSSR count). The lowest BCUT2D eigenvalue weighted by atomic mass is 10.1. The Balaban J connectivity index is 1.47. The number of likely N-dealkylation sites (tertiary alicyclic amines) is 1. The molecular formula is C18H22N6S. The molecule has 0 saturated carbocycles. The predicted molar refractivity (Wildman–Crippen MR) is 100.0 cm³/mol. The van der Waals surface area contributed by atoms with Gasteiger partial charge in [0, 0.05) is 31.4 Å². The molecular weight excluding hydrogens is 332 g/mol. The zero-order valence-electron chi connectivity index (χ0n) is 14.5. The maximum atomic E-state index is 4.82. The second-order valence-corrected chi connectivity index (χ2v) is 7.36. The van der Waals surface area contributed by atoms with Crippen LogP contribution in [0, 0.1) is 6.92 Å². The highest BCUT2D eigenvalue weighted by Crippen LogP contribution is 2.35. The van der Waals surface area contributed by atoms with Gasteiger partial charge in [0.25, 0.3) is 0 Å². The molecule has 1 N–H and O–H groups in total. The molecule has 3 aromatic rings. The fourth-order valence-electron chi connectivity index (χ4n) is 3.26. The van der Waals surface area contributed by atoms with Crippen LogP contribution in [0.4, 0.5) is 10.9 Å². The Morgan fingerprint density at radius 1 is 1.32 bits per heavy atom. The van der Waals surface area contributed by atoms with Crippen LogP contribution >= 0.6 is 11.3 Å². The first kappa shape index (κ1) is 16.2. The molecule has 0 aliphatic carbocycles. The molecule has 0 spiro atoms. The van der Waals surface area contributed by atoms with Gasteiger partial charge in [-0.3, -0.25) is 9.58 Å². The number of aryl methyl sites for hydroxylation is 2. The number of hydrogen-bond donors (Lipinski definition) is 1. The second kappa shape index (κ2) is 6.93. The van der Waals surface area contributed by atoms with Gasteiger partial charge in [-0.15, -0.1) is 11.3 Å². The number of thiazole rings is 1. The Hall–Kier alpha value is -2.25. The fourth-order valence-corrected chi connectivity index (χ4v) is 4.03. The van der Waals surface area contributed by atoms with Crippen molar-refractivity contribution in [3.63, 3.8) is 0 Å². The third-order valence-corrected chi connectivity index (χ3v) is 5.44. The van der Waals surface area contributed by atoms with Crippen LogP contribution in [0.3, 0.4) is 0 Å². The summed E-state index contributed by atoms with van der Waals surface area (Å²) in [5, 5.41) is 10.7. The predicted octanol–water partition coefficient (Wildman–Crippen LogP) is 3.66. The fraction of sp³-hybridized carbons (Fsp3) is 0.389. The Morgan fingerprint density at radius 3 is 3.00 bits per heavy atom. The molecule has 1 aliphatic heterocycles. The van der Waals surface area contributed by atoms with E-state index < -0.39 is 0 Å². The Bertz CT molecular complexity index is 837. The number of nitrogens with one attached hydrogen (secondary N) is 1. The van der Waals surface area contributed by atoms with Gasteiger partial charge < -0.3 is 5.32 Å². The van der Waals surface area contributed by atoms with Gasteiger partial charge in [-0.2, -0.15) is 5.10 Å². The monoisotopic (exact) mass is 354 g/mol. The van der Waals surface area contributed by atoms with Crippen molar-refractivity contribution in [1.29, 1.82) is 0 Å². The van der Waals surface area contributed by atoms with Crippen LogP contribution in [-0.2, 0) is 13.6 Å². The minimum atomic E-state index is 0.382. The van der Waals surface area contributed by atoms with Gasteiger partial charge in [0.15, 0.2) is 5.13 Å². The van der Waals surface area contributed by atoms with Crippen molar-refractivity contribution >= 4 is 22.3 Å². The van der Waals surface area contributed by atoms with Crippen LogP contribution in [0.1, 0.15) is 35.8 Å². The Kier molecular flexibility index (Phi) is 4.50. The Morgan fingerprint density at radius 2 is 2.24 bits per heavy atom. The topological polar surface area (TPSA) is 58.9 Å². The lowest BCUT2D eigenvalue weighted by Gasteiger charge is -2.22. The van der Waals surface area contributed by atoms with Crippen LogP contribution in [0.5, 0.6) is 0 Å². The highest BCUT2D eigenvalue weighted by molar-refractivity contribution is 7.13. The lowest BCUT2D eigenvalue weighted by Crippen LogP contribution is -2.24. The first-order chi connectivity index (χ1) is 12.2. The van der Waals surface area contributed by atoms with Crippen LogP contribution < -0.4 is 5.32 Å². The van der Waals surface area contributed by atoms with E-state index in [0.29, 0.717) is 6.04 Å². The summed E-state index contributed by atoms with van der Waals surface area (Å²) < 4.78 is 1.95. The van der Waals surface area contributed by atoms with E-state index in [2.05, 4.69) is 37.8 Å². The minimum Gasteiger partial charge on any atom is -0.316 e. The largest absolute Gasteiger partial charge is 0.316 e. The highest BCUT2D eigenvalue weighted by atomic mass is 32.1. The number of hydrogen-bond acceptors (Lipinski definition) is 6. The van der Waals surface area contributed by atoms with Gasteiger partial charge in [0.05, 0.1) is 17.4 Å². The molecule has 6 nitrogen and oxygen atoms in total. The summed E-state index contributed by atoms with van der Waals surface area (Å²) >= 11 is 1.64. The molecule has 0 amide bonds. The van der Waals surface area contributed by atoms with E-state index in [1.165, 1.54) is 12.1 Å². The quantitative estimate of drug-likeness (QED) is 0.758. The molecule has 1 saturated heterocycles. The minimum absolute atomic E-state index is 0.382. The third-order valence-electron chi connectivity index (χ3n) is 4.66. The lowest BCUT2D eigenvalue weighted by molar-refractivity contribution is 0.239. The van der Waals surface area contributed by atoms with Crippen LogP contribution in [-0.4, -0.2) is 31.2 Å². The van der Waals surface area contributed by atoms with Crippen molar-refractivity contribution in [2.45, 2.75) is 32.4 Å². The summed E-state index contributed by atoms with van der Waals surface area (Å²) in [5.41, 5.74) is 3.55. The first-order valence-corrected chi connectivity index (χ1v) is 9.43. The Labute approximate surface area is 151 Å². The summed E-state index contributed by atoms with van der Waals surface area (Å²) in [5.74, 6) is 0.838. The number of aromatic nitrogens is 4. The van der Waals surface area contributed by atoms with Gasteiger partial charge in [-0.05, 0) is 44.0 Å². The van der Waals surface area contributed by atoms with E-state index in [-0.39, 0.29) is 0 Å². The zero-order valence-corrected chi connectivity index (χ0v) is 15.3. The average Bonchev–Trinajstić information content (AvgIpc) is 3.33. The van der Waals surface area contributed by atoms with E-state index in [0.717, 1.165) is 41.7 Å². The smallest absolute Gasteiger partial charge is 0.188 e. The van der Waals surface area contributed by atoms with Crippen molar-refractivity contribution in [2.75, 3.05) is 11.9 Å². The third kappa shape index (κ3) is 3.57. The first-order valence-electron chi connectivity index (χ1n) is 8.55. The number of rotatable bonds is 5. The summed E-state index contributed by atoms with van der Waals surface area (Å²) in [7, 11) is 2.00. The van der Waals surface area contributed by atoms with Crippen molar-refractivity contribution in [1.82, 2.24) is 24.6 Å². The molecule has 1 fully saturated rings. The van der Waals surface area contributed by atoms with Gasteiger partial charge in [0.2, 0.25) is 0 Å². The summed E-state index contributed by atoms with van der Waals surface area (Å²) in [6, 6.07) is 6.51. The highest BCUT2D eigenvalue weighted by Gasteiger charge is 2.28. The molecule has 0 bridgehead atoms. The number of pyridine rings is 1. The molecule has 7 heteroatoms. The number of nitrogens with zero attached hydrogens (tertiary/aromatic N) is 5. The van der Waals surface area contributed by atoms with Crippen LogP contribution in [0.15, 0.2) is 36.0 Å². The van der Waals surface area contributed by atoms with E-state index >= 15 is 0 Å². The molecule has 3 aromatic heterocycles. The maximum Gasteiger partial charge on any atom is 0.188 e. The standard InChI is InChI=1S/C18H22N6S/c1-13-5-6-17(19-10-13)22-18-21-15(12-25-18)16-4-3-9-24(16)11-14-7-8-20-23(14)2/h5-8,10,12,16H,3-4,9,11H2,1-2H3,(H,19,21,22). The molecule has 0 radical (unpaired) electrons. The summed E-state index contributed by atoms with van der Waals surface area (Å²) in [4.78, 5) is 11.7. The van der Waals surface area contributed by atoms with Gasteiger partial charge in [-0.25, -0.2) is 9.97 Å². The molecule has 0 aromatic carbocycles. The van der Waals surface area contributed by atoms with Crippen molar-refractivity contribution in [3.8, 4) is 0 Å². The maximum absolute atomic E-state index is 4.82. The average molecular weight is 354 g/mol. The van der Waals surface area contributed by atoms with Crippen LogP contribution in [0.25, 0.3) is 0 Å². The second-order valence-electron chi connectivity index (χ2n) is 6.50. The van der Waals surface area contributed by atoms with E-state index in [1.807, 2.05) is 37.1 Å². The van der Waals surface area contributed by atoms with Crippen molar-refractivity contribution in [2.24, 2.45) is 7.05 Å². The normalized spacial score (nSPS) is 17.9. The molecule has 1 aliphatic rings.